The maximum atomic E-state index is 13.8. The highest BCUT2D eigenvalue weighted by Crippen LogP contribution is 2.33. The van der Waals surface area contributed by atoms with E-state index in [4.69, 9.17) is 6.42 Å². The van der Waals surface area contributed by atoms with Gasteiger partial charge in [0.2, 0.25) is 0 Å². The zero-order valence-electron chi connectivity index (χ0n) is 24.3. The average Bonchev–Trinajstić information content (AvgIpc) is 3.04. The number of nitrogens with zero attached hydrogens (tertiary/aromatic N) is 4. The minimum absolute atomic E-state index is 0.0798. The Kier molecular flexibility index (Phi) is 8.67. The number of terminal acetylenes is 1. The summed E-state index contributed by atoms with van der Waals surface area (Å²) in [7, 11) is 0. The molecule has 5 rings (SSSR count). The van der Waals surface area contributed by atoms with Crippen molar-refractivity contribution in [2.24, 2.45) is 11.8 Å². The smallest absolute Gasteiger partial charge is 0.259 e. The molecule has 1 N–H and O–H groups in total. The third-order valence-corrected chi connectivity index (χ3v) is 8.27. The molecule has 2 aliphatic rings. The number of hydrogen-bond acceptors (Lipinski definition) is 7. The molecule has 8 nitrogen and oxygen atoms in total. The highest BCUT2D eigenvalue weighted by atomic mass is 16.2. The lowest BCUT2D eigenvalue weighted by Gasteiger charge is -2.36. The third-order valence-electron chi connectivity index (χ3n) is 8.27. The molecule has 216 valence electrons. The van der Waals surface area contributed by atoms with Gasteiger partial charge in [0.15, 0.2) is 11.6 Å². The second-order valence-electron chi connectivity index (χ2n) is 11.6. The van der Waals surface area contributed by atoms with E-state index in [-0.39, 0.29) is 29.3 Å². The van der Waals surface area contributed by atoms with Crippen molar-refractivity contribution in [1.29, 1.82) is 0 Å². The quantitative estimate of drug-likeness (QED) is 0.310. The number of benzene rings is 2. The maximum absolute atomic E-state index is 13.8. The maximum Gasteiger partial charge on any atom is 0.259 e. The largest absolute Gasteiger partial charge is 0.356 e. The molecular weight excluding hydrogens is 526 g/mol. The molecule has 0 atom stereocenters. The van der Waals surface area contributed by atoms with Crippen molar-refractivity contribution in [3.63, 3.8) is 0 Å². The molecule has 3 aromatic rings. The predicted molar refractivity (Wildman–Crippen MR) is 164 cm³/mol. The van der Waals surface area contributed by atoms with E-state index < -0.39 is 5.54 Å². The van der Waals surface area contributed by atoms with Gasteiger partial charge in [-0.1, -0.05) is 66.6 Å². The van der Waals surface area contributed by atoms with Crippen LogP contribution < -0.4 is 15.1 Å². The molecule has 2 saturated heterocycles. The molecule has 3 heterocycles. The second kappa shape index (κ2) is 12.6. The molecule has 8 heteroatoms. The number of carbonyl (C=O) groups is 3. The first-order chi connectivity index (χ1) is 20.3. The lowest BCUT2D eigenvalue weighted by atomic mass is 9.88. The van der Waals surface area contributed by atoms with Gasteiger partial charge in [-0.15, -0.1) is 6.42 Å². The summed E-state index contributed by atoms with van der Waals surface area (Å²) in [5.74, 6) is 3.52. The van der Waals surface area contributed by atoms with Crippen molar-refractivity contribution in [2.45, 2.75) is 45.1 Å². The Morgan fingerprint density at radius 1 is 0.762 bits per heavy atom. The Labute approximate surface area is 247 Å². The van der Waals surface area contributed by atoms with Crippen LogP contribution in [0.2, 0.25) is 0 Å². The van der Waals surface area contributed by atoms with Crippen molar-refractivity contribution in [2.75, 3.05) is 36.0 Å². The van der Waals surface area contributed by atoms with Crippen LogP contribution in [0.5, 0.6) is 0 Å². The van der Waals surface area contributed by atoms with Gasteiger partial charge < -0.3 is 15.1 Å². The molecule has 2 aromatic carbocycles. The number of nitrogens with one attached hydrogen (secondary N) is 1. The number of carbonyl (C=O) groups excluding carboxylic acids is 3. The Hall–Kier alpha value is -4.51. The van der Waals surface area contributed by atoms with Crippen molar-refractivity contribution in [3.05, 3.63) is 83.7 Å². The first kappa shape index (κ1) is 29.0. The summed E-state index contributed by atoms with van der Waals surface area (Å²) in [6, 6.07) is 18.8. The van der Waals surface area contributed by atoms with Crippen molar-refractivity contribution < 1.29 is 14.4 Å². The Bertz CT molecular complexity index is 1380. The van der Waals surface area contributed by atoms with Crippen LogP contribution in [-0.2, 0) is 0 Å². The number of rotatable bonds is 8. The lowest BCUT2D eigenvalue weighted by molar-refractivity contribution is 0.0893. The van der Waals surface area contributed by atoms with Gasteiger partial charge in [0.1, 0.15) is 23.5 Å². The first-order valence-electron chi connectivity index (χ1n) is 14.6. The minimum Gasteiger partial charge on any atom is -0.356 e. The van der Waals surface area contributed by atoms with E-state index in [2.05, 4.69) is 31.0 Å². The molecule has 42 heavy (non-hydrogen) atoms. The van der Waals surface area contributed by atoms with E-state index in [1.54, 1.807) is 13.8 Å². The fraction of sp³-hybridized carbons (Fsp3) is 0.382. The topological polar surface area (TPSA) is 95.5 Å². The summed E-state index contributed by atoms with van der Waals surface area (Å²) in [6.45, 7) is 5.90. The van der Waals surface area contributed by atoms with Crippen LogP contribution in [0, 0.1) is 24.2 Å². The number of amides is 1. The van der Waals surface area contributed by atoms with Crippen LogP contribution in [0.15, 0.2) is 67.0 Å². The van der Waals surface area contributed by atoms with Gasteiger partial charge in [0, 0.05) is 49.1 Å². The molecule has 0 radical (unpaired) electrons. The summed E-state index contributed by atoms with van der Waals surface area (Å²) in [5, 5.41) is 2.96. The first-order valence-corrected chi connectivity index (χ1v) is 14.6. The van der Waals surface area contributed by atoms with Crippen LogP contribution in [0.25, 0.3) is 0 Å². The number of anilines is 2. The predicted octanol–water partition coefficient (Wildman–Crippen LogP) is 4.82. The van der Waals surface area contributed by atoms with Crippen molar-refractivity contribution in [3.8, 4) is 12.3 Å². The number of hydrogen-bond donors (Lipinski definition) is 1. The van der Waals surface area contributed by atoms with E-state index in [0.717, 1.165) is 11.1 Å². The zero-order valence-corrected chi connectivity index (χ0v) is 24.3. The number of aromatic nitrogens is 2. The number of ketones is 2. The molecule has 0 bridgehead atoms. The van der Waals surface area contributed by atoms with Crippen LogP contribution >= 0.6 is 0 Å². The standard InChI is InChI=1S/C34H37N5O3/c1-4-34(2,3)37-33(42)28-31(38-19-15-26(16-20-38)29(40)24-11-7-5-8-12-24)35-23-36-32(28)39-21-17-27(18-22-39)30(41)25-13-9-6-10-14-25/h1,5-14,23,26-27H,15-22H2,2-3H3,(H,37,42). The summed E-state index contributed by atoms with van der Waals surface area (Å²) >= 11 is 0. The van der Waals surface area contributed by atoms with E-state index in [0.29, 0.717) is 69.1 Å². The van der Waals surface area contributed by atoms with Gasteiger partial charge in [-0.2, -0.15) is 0 Å². The molecule has 0 unspecified atom stereocenters. The Morgan fingerprint density at radius 2 is 1.17 bits per heavy atom. The molecule has 1 aromatic heterocycles. The lowest BCUT2D eigenvalue weighted by Crippen LogP contribution is -2.45. The van der Waals surface area contributed by atoms with Crippen LogP contribution in [0.1, 0.15) is 70.6 Å². The van der Waals surface area contributed by atoms with Crippen molar-refractivity contribution >= 4 is 29.1 Å². The number of Topliss-reactive ketones (excluding diaryl/α,β-unsaturated/α-hetero) is 2. The second-order valence-corrected chi connectivity index (χ2v) is 11.6. The molecular formula is C34H37N5O3. The van der Waals surface area contributed by atoms with Gasteiger partial charge in [0.25, 0.3) is 5.91 Å². The van der Waals surface area contributed by atoms with E-state index in [1.165, 1.54) is 6.33 Å². The van der Waals surface area contributed by atoms with Gasteiger partial charge >= 0.3 is 0 Å². The van der Waals surface area contributed by atoms with Crippen LogP contribution in [0.4, 0.5) is 11.6 Å². The Balaban J connectivity index is 1.37. The van der Waals surface area contributed by atoms with E-state index in [9.17, 15) is 14.4 Å². The minimum atomic E-state index is -0.869. The molecule has 2 aliphatic heterocycles. The molecule has 0 aliphatic carbocycles. The highest BCUT2D eigenvalue weighted by molar-refractivity contribution is 6.04. The monoisotopic (exact) mass is 563 g/mol. The van der Waals surface area contributed by atoms with Gasteiger partial charge in [0.05, 0.1) is 5.54 Å². The summed E-state index contributed by atoms with van der Waals surface area (Å²) < 4.78 is 0. The molecule has 0 saturated carbocycles. The molecule has 1 amide bonds. The van der Waals surface area contributed by atoms with Gasteiger partial charge in [-0.25, -0.2) is 9.97 Å². The zero-order chi connectivity index (χ0) is 29.7. The van der Waals surface area contributed by atoms with E-state index in [1.807, 2.05) is 60.7 Å². The molecule has 2 fully saturated rings. The SMILES string of the molecule is C#CC(C)(C)NC(=O)c1c(N2CCC(C(=O)c3ccccc3)CC2)ncnc1N1CCC(C(=O)c2ccccc2)CC1. The van der Waals surface area contributed by atoms with Crippen molar-refractivity contribution in [1.82, 2.24) is 15.3 Å². The van der Waals surface area contributed by atoms with Gasteiger partial charge in [-0.05, 0) is 39.5 Å². The normalized spacial score (nSPS) is 16.5. The summed E-state index contributed by atoms with van der Waals surface area (Å²) in [5.41, 5.74) is 0.963. The van der Waals surface area contributed by atoms with Crippen LogP contribution in [-0.4, -0.2) is 59.2 Å². The fourth-order valence-electron chi connectivity index (χ4n) is 5.82. The highest BCUT2D eigenvalue weighted by Gasteiger charge is 2.34. The third kappa shape index (κ3) is 6.36. The summed E-state index contributed by atoms with van der Waals surface area (Å²) in [6.07, 6.45) is 9.85. The molecule has 0 spiro atoms. The van der Waals surface area contributed by atoms with E-state index >= 15 is 0 Å². The van der Waals surface area contributed by atoms with Gasteiger partial charge in [-0.3, -0.25) is 14.4 Å². The Morgan fingerprint density at radius 3 is 1.55 bits per heavy atom. The summed E-state index contributed by atoms with van der Waals surface area (Å²) in [4.78, 5) is 53.3. The van der Waals surface area contributed by atoms with Crippen LogP contribution in [0.3, 0.4) is 0 Å². The number of piperidine rings is 2. The average molecular weight is 564 g/mol. The fourth-order valence-corrected chi connectivity index (χ4v) is 5.82.